The van der Waals surface area contributed by atoms with Crippen LogP contribution in [-0.4, -0.2) is 20.6 Å². The Kier molecular flexibility index (Phi) is 5.68. The van der Waals surface area contributed by atoms with Crippen LogP contribution in [0.4, 0.5) is 0 Å². The zero-order valence-corrected chi connectivity index (χ0v) is 17.8. The third-order valence-corrected chi connectivity index (χ3v) is 5.30. The minimum Gasteiger partial charge on any atom is -0.488 e. The first-order chi connectivity index (χ1) is 14.5. The molecule has 30 heavy (non-hydrogen) atoms. The molecule has 5 nitrogen and oxygen atoms in total. The van der Waals surface area contributed by atoms with Crippen molar-refractivity contribution in [2.24, 2.45) is 0 Å². The van der Waals surface area contributed by atoms with Crippen molar-refractivity contribution in [2.45, 2.75) is 13.5 Å². The van der Waals surface area contributed by atoms with E-state index in [0.29, 0.717) is 18.0 Å². The third kappa shape index (κ3) is 4.00. The summed E-state index contributed by atoms with van der Waals surface area (Å²) in [5.74, 6) is -0.289. The number of aromatic carboxylic acids is 1. The molecule has 4 aromatic rings. The Morgan fingerprint density at radius 3 is 2.67 bits per heavy atom. The molecule has 0 spiro atoms. The fourth-order valence-corrected chi connectivity index (χ4v) is 3.74. The number of hydrogen-bond donors (Lipinski definition) is 1. The Morgan fingerprint density at radius 1 is 1.10 bits per heavy atom. The largest absolute Gasteiger partial charge is 0.488 e. The molecule has 2 aromatic heterocycles. The van der Waals surface area contributed by atoms with Gasteiger partial charge >= 0.3 is 5.97 Å². The summed E-state index contributed by atoms with van der Waals surface area (Å²) < 4.78 is 8.94. The van der Waals surface area contributed by atoms with E-state index < -0.39 is 5.97 Å². The highest BCUT2D eigenvalue weighted by Gasteiger charge is 2.19. The lowest BCUT2D eigenvalue weighted by Crippen LogP contribution is -2.08. The number of aryl methyl sites for hydroxylation is 1. The van der Waals surface area contributed by atoms with Crippen LogP contribution in [0.3, 0.4) is 0 Å². The highest BCUT2D eigenvalue weighted by molar-refractivity contribution is 9.10. The molecule has 0 atom stereocenters. The predicted molar refractivity (Wildman–Crippen MR) is 119 cm³/mol. The van der Waals surface area contributed by atoms with Crippen LogP contribution >= 0.6 is 15.9 Å². The molecule has 0 unspecified atom stereocenters. The van der Waals surface area contributed by atoms with Gasteiger partial charge in [-0.3, -0.25) is 4.98 Å². The third-order valence-electron chi connectivity index (χ3n) is 4.80. The average molecular weight is 463 g/mol. The lowest BCUT2D eigenvalue weighted by Gasteiger charge is -2.17. The zero-order chi connectivity index (χ0) is 21.1. The Hall–Kier alpha value is -3.38. The molecule has 0 amide bonds. The molecule has 0 radical (unpaired) electrons. The van der Waals surface area contributed by atoms with Crippen LogP contribution in [0.2, 0.25) is 0 Å². The molecule has 0 saturated carbocycles. The highest BCUT2D eigenvalue weighted by atomic mass is 79.9. The summed E-state index contributed by atoms with van der Waals surface area (Å²) in [5.41, 5.74) is 4.34. The van der Waals surface area contributed by atoms with Gasteiger partial charge in [-0.15, -0.1) is 0 Å². The monoisotopic (exact) mass is 462 g/mol. The van der Waals surface area contributed by atoms with Gasteiger partial charge in [-0.05, 0) is 48.9 Å². The van der Waals surface area contributed by atoms with Crippen molar-refractivity contribution in [3.8, 4) is 22.7 Å². The molecule has 4 rings (SSSR count). The molecule has 0 aliphatic rings. The molecule has 6 heteroatoms. The van der Waals surface area contributed by atoms with Crippen molar-refractivity contribution in [2.75, 3.05) is 0 Å². The first kappa shape index (κ1) is 19.9. The van der Waals surface area contributed by atoms with Crippen molar-refractivity contribution < 1.29 is 14.6 Å². The van der Waals surface area contributed by atoms with Crippen molar-refractivity contribution >= 4 is 21.9 Å². The van der Waals surface area contributed by atoms with E-state index in [1.807, 2.05) is 72.2 Å². The van der Waals surface area contributed by atoms with Gasteiger partial charge in [0, 0.05) is 21.9 Å². The minimum atomic E-state index is -0.999. The van der Waals surface area contributed by atoms with E-state index >= 15 is 0 Å². The molecule has 0 fully saturated rings. The summed E-state index contributed by atoms with van der Waals surface area (Å²) in [6.07, 6.45) is 3.06. The summed E-state index contributed by atoms with van der Waals surface area (Å²) in [4.78, 5) is 15.9. The lowest BCUT2D eigenvalue weighted by molar-refractivity contribution is 0.0697. The summed E-state index contributed by atoms with van der Waals surface area (Å²) in [6.45, 7) is 2.37. The number of benzene rings is 2. The number of aromatic nitrogens is 2. The molecule has 150 valence electrons. The van der Waals surface area contributed by atoms with Gasteiger partial charge in [0.2, 0.25) is 0 Å². The van der Waals surface area contributed by atoms with E-state index in [0.717, 1.165) is 27.0 Å². The van der Waals surface area contributed by atoms with Crippen molar-refractivity contribution in [3.63, 3.8) is 0 Å². The fourth-order valence-electron chi connectivity index (χ4n) is 3.38. The molecule has 1 N–H and O–H groups in total. The Bertz CT molecular complexity index is 1200. The van der Waals surface area contributed by atoms with Gasteiger partial charge in [0.25, 0.3) is 0 Å². The van der Waals surface area contributed by atoms with Crippen LogP contribution in [0.1, 0.15) is 21.6 Å². The van der Waals surface area contributed by atoms with Crippen LogP contribution in [0, 0.1) is 6.92 Å². The van der Waals surface area contributed by atoms with Gasteiger partial charge in [0.15, 0.2) is 0 Å². The quantitative estimate of drug-likeness (QED) is 0.388. The van der Waals surface area contributed by atoms with Gasteiger partial charge in [-0.1, -0.05) is 46.3 Å². The Morgan fingerprint density at radius 2 is 1.90 bits per heavy atom. The van der Waals surface area contributed by atoms with E-state index in [9.17, 15) is 9.90 Å². The Labute approximate surface area is 182 Å². The number of pyridine rings is 1. The second-order valence-electron chi connectivity index (χ2n) is 6.81. The molecule has 0 bridgehead atoms. The van der Waals surface area contributed by atoms with Crippen molar-refractivity contribution in [1.82, 2.24) is 9.55 Å². The summed E-state index contributed by atoms with van der Waals surface area (Å²) >= 11 is 3.54. The zero-order valence-electron chi connectivity index (χ0n) is 16.2. The second-order valence-corrected chi connectivity index (χ2v) is 7.72. The van der Waals surface area contributed by atoms with Gasteiger partial charge in [-0.25, -0.2) is 4.79 Å². The normalized spacial score (nSPS) is 10.7. The van der Waals surface area contributed by atoms with Crippen LogP contribution in [0.25, 0.3) is 16.9 Å². The number of carboxylic acids is 1. The van der Waals surface area contributed by atoms with E-state index in [1.165, 1.54) is 12.3 Å². The van der Waals surface area contributed by atoms with Crippen LogP contribution in [0.5, 0.6) is 5.75 Å². The standard InChI is InChI=1S/C24H19BrN2O3/c1-16-7-9-21(27(16)22-14-26-12-11-19(22)24(28)29)20-13-18(25)8-10-23(20)30-15-17-5-3-2-4-6-17/h2-14H,15H2,1H3,(H,28,29). The summed E-state index contributed by atoms with van der Waals surface area (Å²) in [6, 6.07) is 21.2. The predicted octanol–water partition coefficient (Wildman–Crippen LogP) is 5.89. The fraction of sp³-hybridized carbons (Fsp3) is 0.0833. The maximum atomic E-state index is 11.8. The number of hydrogen-bond acceptors (Lipinski definition) is 3. The van der Waals surface area contributed by atoms with Crippen molar-refractivity contribution in [1.29, 1.82) is 0 Å². The smallest absolute Gasteiger partial charge is 0.337 e. The lowest BCUT2D eigenvalue weighted by atomic mass is 10.1. The number of nitrogens with zero attached hydrogens (tertiary/aromatic N) is 2. The van der Waals surface area contributed by atoms with Crippen LogP contribution in [-0.2, 0) is 6.61 Å². The average Bonchev–Trinajstić information content (AvgIpc) is 3.14. The molecule has 2 heterocycles. The highest BCUT2D eigenvalue weighted by Crippen LogP contribution is 2.36. The summed E-state index contributed by atoms with van der Waals surface area (Å²) in [7, 11) is 0. The second kappa shape index (κ2) is 8.55. The molecular weight excluding hydrogens is 444 g/mol. The molecule has 0 aliphatic heterocycles. The minimum absolute atomic E-state index is 0.187. The number of carboxylic acid groups (broad SMARTS) is 1. The molecule has 2 aromatic carbocycles. The molecule has 0 aliphatic carbocycles. The Balaban J connectivity index is 1.81. The number of rotatable bonds is 6. The number of halogens is 1. The summed E-state index contributed by atoms with van der Waals surface area (Å²) in [5, 5.41) is 9.65. The van der Waals surface area contributed by atoms with Crippen LogP contribution in [0.15, 0.2) is 83.6 Å². The van der Waals surface area contributed by atoms with Gasteiger partial charge in [-0.2, -0.15) is 0 Å². The number of carbonyl (C=O) groups is 1. The van der Waals surface area contributed by atoms with Gasteiger partial charge in [0.1, 0.15) is 12.4 Å². The SMILES string of the molecule is Cc1ccc(-c2cc(Br)ccc2OCc2ccccc2)n1-c1cnccc1C(=O)O. The van der Waals surface area contributed by atoms with Gasteiger partial charge in [0.05, 0.1) is 23.1 Å². The topological polar surface area (TPSA) is 64.4 Å². The molecule has 0 saturated heterocycles. The van der Waals surface area contributed by atoms with E-state index in [-0.39, 0.29) is 5.56 Å². The maximum absolute atomic E-state index is 11.8. The first-order valence-electron chi connectivity index (χ1n) is 9.37. The van der Waals surface area contributed by atoms with E-state index in [2.05, 4.69) is 20.9 Å². The van der Waals surface area contributed by atoms with Crippen LogP contribution < -0.4 is 4.74 Å². The molecular formula is C24H19BrN2O3. The number of ether oxygens (including phenoxy) is 1. The first-order valence-corrected chi connectivity index (χ1v) is 10.2. The van der Waals surface area contributed by atoms with E-state index in [4.69, 9.17) is 4.74 Å². The van der Waals surface area contributed by atoms with Crippen molar-refractivity contribution in [3.05, 3.63) is 100 Å². The van der Waals surface area contributed by atoms with E-state index in [1.54, 1.807) is 6.20 Å². The van der Waals surface area contributed by atoms with Gasteiger partial charge < -0.3 is 14.4 Å². The maximum Gasteiger partial charge on any atom is 0.337 e.